The minimum absolute atomic E-state index is 0.0318. The number of benzene rings is 2. The van der Waals surface area contributed by atoms with Gasteiger partial charge in [-0.3, -0.25) is 10.1 Å². The summed E-state index contributed by atoms with van der Waals surface area (Å²) >= 11 is 5.51. The summed E-state index contributed by atoms with van der Waals surface area (Å²) in [6, 6.07) is 13.1. The number of ether oxygens (including phenoxy) is 1. The van der Waals surface area contributed by atoms with Gasteiger partial charge in [-0.05, 0) is 73.8 Å². The molecule has 1 N–H and O–H groups in total. The fourth-order valence-corrected chi connectivity index (χ4v) is 4.51. The number of para-hydroxylation sites is 2. The molecule has 0 bridgehead atoms. The molecule has 2 aliphatic rings. The number of likely N-dealkylation sites (N-methyl/N-ethyl adjacent to an activating group) is 1. The van der Waals surface area contributed by atoms with Crippen molar-refractivity contribution in [2.45, 2.75) is 25.8 Å². The van der Waals surface area contributed by atoms with Crippen LogP contribution in [0, 0.1) is 16.0 Å². The van der Waals surface area contributed by atoms with Gasteiger partial charge in [-0.15, -0.1) is 0 Å². The summed E-state index contributed by atoms with van der Waals surface area (Å²) in [5.74, 6) is 1.42. The first-order chi connectivity index (χ1) is 15.0. The average molecular weight is 441 g/mol. The van der Waals surface area contributed by atoms with Gasteiger partial charge in [0, 0.05) is 32.2 Å². The van der Waals surface area contributed by atoms with Gasteiger partial charge < -0.3 is 19.9 Å². The zero-order chi connectivity index (χ0) is 21.8. The second-order valence-corrected chi connectivity index (χ2v) is 8.75. The van der Waals surface area contributed by atoms with Crippen LogP contribution in [-0.2, 0) is 13.0 Å². The quantitative estimate of drug-likeness (QED) is 0.427. The van der Waals surface area contributed by atoms with Crippen LogP contribution < -0.4 is 10.1 Å². The number of fused-ring (bicyclic) bond motifs is 1. The molecule has 7 nitrogen and oxygen atoms in total. The summed E-state index contributed by atoms with van der Waals surface area (Å²) in [5.41, 5.74) is 3.26. The van der Waals surface area contributed by atoms with Crippen LogP contribution in [0.15, 0.2) is 42.5 Å². The lowest BCUT2D eigenvalue weighted by molar-refractivity contribution is -0.383. The Morgan fingerprint density at radius 1 is 1.19 bits per heavy atom. The molecule has 164 valence electrons. The monoisotopic (exact) mass is 440 g/mol. The number of hydrogen-bond donors (Lipinski definition) is 1. The summed E-state index contributed by atoms with van der Waals surface area (Å²) in [6.45, 7) is 4.42. The predicted molar refractivity (Wildman–Crippen MR) is 126 cm³/mol. The van der Waals surface area contributed by atoms with Crippen LogP contribution in [0.25, 0.3) is 0 Å². The summed E-state index contributed by atoms with van der Waals surface area (Å²) in [4.78, 5) is 15.2. The van der Waals surface area contributed by atoms with Crippen LogP contribution in [-0.4, -0.2) is 53.1 Å². The molecular weight excluding hydrogens is 412 g/mol. The van der Waals surface area contributed by atoms with Gasteiger partial charge in [0.2, 0.25) is 0 Å². The largest absolute Gasteiger partial charge is 0.493 e. The number of likely N-dealkylation sites (tertiary alicyclic amines) is 1. The maximum atomic E-state index is 11.2. The van der Waals surface area contributed by atoms with E-state index in [-0.39, 0.29) is 5.69 Å². The highest BCUT2D eigenvalue weighted by Crippen LogP contribution is 2.26. The highest BCUT2D eigenvalue weighted by atomic mass is 32.1. The third-order valence-electron chi connectivity index (χ3n) is 6.11. The zero-order valence-corrected chi connectivity index (χ0v) is 18.6. The predicted octanol–water partition coefficient (Wildman–Crippen LogP) is 4.07. The smallest absolute Gasteiger partial charge is 0.292 e. The van der Waals surface area contributed by atoms with E-state index in [9.17, 15) is 10.1 Å². The van der Waals surface area contributed by atoms with Crippen LogP contribution in [0.1, 0.15) is 24.0 Å². The molecule has 1 saturated heterocycles. The normalized spacial score (nSPS) is 17.1. The molecule has 2 aliphatic heterocycles. The molecule has 0 atom stereocenters. The van der Waals surface area contributed by atoms with Gasteiger partial charge in [0.1, 0.15) is 11.4 Å². The van der Waals surface area contributed by atoms with Gasteiger partial charge in [-0.1, -0.05) is 18.2 Å². The second-order valence-electron chi connectivity index (χ2n) is 8.36. The highest BCUT2D eigenvalue weighted by molar-refractivity contribution is 7.80. The van der Waals surface area contributed by atoms with Crippen molar-refractivity contribution in [1.29, 1.82) is 0 Å². The lowest BCUT2D eigenvalue weighted by atomic mass is 9.98. The van der Waals surface area contributed by atoms with Crippen molar-refractivity contribution >= 4 is 28.7 Å². The van der Waals surface area contributed by atoms with Gasteiger partial charge >= 0.3 is 0 Å². The van der Waals surface area contributed by atoms with Crippen molar-refractivity contribution in [2.75, 3.05) is 38.6 Å². The van der Waals surface area contributed by atoms with Gasteiger partial charge in [0.15, 0.2) is 5.11 Å². The van der Waals surface area contributed by atoms with E-state index >= 15 is 0 Å². The first-order valence-electron chi connectivity index (χ1n) is 10.7. The number of hydrogen-bond acceptors (Lipinski definition) is 5. The van der Waals surface area contributed by atoms with Crippen molar-refractivity contribution < 1.29 is 9.66 Å². The number of nitro groups is 1. The van der Waals surface area contributed by atoms with Crippen LogP contribution in [0.4, 0.5) is 11.4 Å². The van der Waals surface area contributed by atoms with E-state index in [1.54, 1.807) is 18.2 Å². The molecule has 8 heteroatoms. The molecule has 0 aromatic heterocycles. The number of nitrogens with zero attached hydrogens (tertiary/aromatic N) is 3. The third-order valence-corrected chi connectivity index (χ3v) is 6.47. The maximum absolute atomic E-state index is 11.2. The molecule has 0 unspecified atom stereocenters. The van der Waals surface area contributed by atoms with Crippen LogP contribution in [0.3, 0.4) is 0 Å². The molecule has 0 aliphatic carbocycles. The molecule has 0 spiro atoms. The van der Waals surface area contributed by atoms with Crippen LogP contribution in [0.2, 0.25) is 0 Å². The topological polar surface area (TPSA) is 70.9 Å². The number of rotatable bonds is 5. The van der Waals surface area contributed by atoms with Crippen molar-refractivity contribution in [3.63, 3.8) is 0 Å². The van der Waals surface area contributed by atoms with Crippen molar-refractivity contribution in [3.05, 3.63) is 63.7 Å². The standard InChI is InChI=1S/C23H28N4O3S/c1-25-11-10-18-6-7-20(14-19(18)15-25)30-16-17-8-12-26(13-9-17)23(31)24-21-4-2-3-5-22(21)27(28)29/h2-7,14,17H,8-13,15-16H2,1H3,(H,24,31). The molecule has 0 saturated carbocycles. The van der Waals surface area contributed by atoms with Crippen molar-refractivity contribution in [2.24, 2.45) is 5.92 Å². The van der Waals surface area contributed by atoms with Gasteiger partial charge in [-0.2, -0.15) is 0 Å². The molecule has 0 radical (unpaired) electrons. The minimum Gasteiger partial charge on any atom is -0.493 e. The van der Waals surface area contributed by atoms with Gasteiger partial charge in [0.25, 0.3) is 5.69 Å². The molecular formula is C23H28N4O3S. The second kappa shape index (κ2) is 9.62. The number of thiocarbonyl (C=S) groups is 1. The first-order valence-corrected chi connectivity index (χ1v) is 11.1. The summed E-state index contributed by atoms with van der Waals surface area (Å²) in [6.07, 6.45) is 3.06. The SMILES string of the molecule is CN1CCc2ccc(OCC3CCN(C(=S)Nc4ccccc4[N+](=O)[O-])CC3)cc2C1. The van der Waals surface area contributed by atoms with E-state index in [2.05, 4.69) is 40.4 Å². The Morgan fingerprint density at radius 3 is 2.74 bits per heavy atom. The van der Waals surface area contributed by atoms with E-state index in [1.807, 2.05) is 0 Å². The van der Waals surface area contributed by atoms with E-state index < -0.39 is 4.92 Å². The third kappa shape index (κ3) is 5.32. The molecule has 31 heavy (non-hydrogen) atoms. The van der Waals surface area contributed by atoms with E-state index in [1.165, 1.54) is 17.2 Å². The Kier molecular flexibility index (Phi) is 6.67. The summed E-state index contributed by atoms with van der Waals surface area (Å²) in [7, 11) is 2.15. The highest BCUT2D eigenvalue weighted by Gasteiger charge is 2.23. The van der Waals surface area contributed by atoms with E-state index in [4.69, 9.17) is 17.0 Å². The Morgan fingerprint density at radius 2 is 1.97 bits per heavy atom. The Bertz CT molecular complexity index is 960. The molecule has 2 aromatic rings. The lowest BCUT2D eigenvalue weighted by Crippen LogP contribution is -2.41. The number of anilines is 1. The average Bonchev–Trinajstić information content (AvgIpc) is 2.78. The lowest BCUT2D eigenvalue weighted by Gasteiger charge is -2.33. The number of piperidine rings is 1. The number of nitro benzene ring substituents is 1. The minimum atomic E-state index is -0.396. The summed E-state index contributed by atoms with van der Waals surface area (Å²) in [5, 5.41) is 14.8. The van der Waals surface area contributed by atoms with E-state index in [0.717, 1.165) is 51.2 Å². The first kappa shape index (κ1) is 21.5. The fraction of sp³-hybridized carbons (Fsp3) is 0.435. The van der Waals surface area contributed by atoms with Crippen LogP contribution >= 0.6 is 12.2 Å². The summed E-state index contributed by atoms with van der Waals surface area (Å²) < 4.78 is 6.12. The van der Waals surface area contributed by atoms with Crippen molar-refractivity contribution in [3.8, 4) is 5.75 Å². The Hall–Kier alpha value is -2.71. The molecule has 2 aromatic carbocycles. The maximum Gasteiger partial charge on any atom is 0.292 e. The Labute approximate surface area is 188 Å². The van der Waals surface area contributed by atoms with Crippen molar-refractivity contribution in [1.82, 2.24) is 9.80 Å². The van der Waals surface area contributed by atoms with Gasteiger partial charge in [0.05, 0.1) is 11.5 Å². The molecule has 2 heterocycles. The van der Waals surface area contributed by atoms with E-state index in [0.29, 0.717) is 23.3 Å². The van der Waals surface area contributed by atoms with Crippen LogP contribution in [0.5, 0.6) is 5.75 Å². The zero-order valence-electron chi connectivity index (χ0n) is 17.8. The number of nitrogens with one attached hydrogen (secondary N) is 1. The Balaban J connectivity index is 1.26. The molecule has 1 fully saturated rings. The van der Waals surface area contributed by atoms with Gasteiger partial charge in [-0.25, -0.2) is 0 Å². The fourth-order valence-electron chi connectivity index (χ4n) is 4.21. The molecule has 0 amide bonds. The molecule has 4 rings (SSSR count).